The van der Waals surface area contributed by atoms with E-state index < -0.39 is 0 Å². The number of aryl methyl sites for hydroxylation is 1. The van der Waals surface area contributed by atoms with E-state index >= 15 is 0 Å². The van der Waals surface area contributed by atoms with Crippen molar-refractivity contribution in [2.24, 2.45) is 10.7 Å². The number of nitrogens with two attached hydrogens (primary N) is 1. The molecule has 2 aliphatic heterocycles. The van der Waals surface area contributed by atoms with Crippen molar-refractivity contribution in [2.45, 2.75) is 51.6 Å². The molecular formula is C26H36N6O2S. The van der Waals surface area contributed by atoms with Crippen LogP contribution in [0.15, 0.2) is 23.3 Å². The highest BCUT2D eigenvalue weighted by Gasteiger charge is 2.32. The van der Waals surface area contributed by atoms with Crippen LogP contribution < -0.4 is 5.73 Å². The summed E-state index contributed by atoms with van der Waals surface area (Å²) in [6, 6.07) is 4.95. The van der Waals surface area contributed by atoms with Crippen molar-refractivity contribution in [1.29, 1.82) is 0 Å². The Hall–Kier alpha value is -2.75. The van der Waals surface area contributed by atoms with Gasteiger partial charge in [0.1, 0.15) is 0 Å². The molecule has 1 amide bonds. The Balaban J connectivity index is 0.00000304. The lowest BCUT2D eigenvalue weighted by Gasteiger charge is -2.43. The summed E-state index contributed by atoms with van der Waals surface area (Å²) < 4.78 is 6.49. The number of hydrogen-bond acceptors (Lipinski definition) is 6. The third-order valence-corrected chi connectivity index (χ3v) is 8.49. The lowest BCUT2D eigenvalue weighted by Crippen LogP contribution is -2.54. The van der Waals surface area contributed by atoms with E-state index in [1.807, 2.05) is 31.1 Å². The van der Waals surface area contributed by atoms with Crippen LogP contribution in [0.5, 0.6) is 0 Å². The van der Waals surface area contributed by atoms with Crippen molar-refractivity contribution in [3.8, 4) is 11.3 Å². The Morgan fingerprint density at radius 1 is 1.37 bits per heavy atom. The van der Waals surface area contributed by atoms with Gasteiger partial charge < -0.3 is 20.4 Å². The Kier molecular flexibility index (Phi) is 6.65. The van der Waals surface area contributed by atoms with E-state index in [1.165, 1.54) is 11.9 Å². The molecule has 0 spiro atoms. The number of aromatic amines is 1. The van der Waals surface area contributed by atoms with E-state index in [9.17, 15) is 4.79 Å². The molecule has 3 aromatic rings. The Morgan fingerprint density at radius 3 is 2.71 bits per heavy atom. The largest absolute Gasteiger partial charge is 0.390 e. The van der Waals surface area contributed by atoms with Crippen LogP contribution >= 0.6 is 11.3 Å². The molecule has 0 aromatic carbocycles. The zero-order valence-corrected chi connectivity index (χ0v) is 21.7. The quantitative estimate of drug-likeness (QED) is 0.386. The maximum atomic E-state index is 13.4. The molecule has 0 atom stereocenters. The maximum Gasteiger partial charge on any atom is 0.264 e. The smallest absolute Gasteiger partial charge is 0.264 e. The molecular weight excluding hydrogens is 460 g/mol. The SMILES string of the molecule is Cc1cc(-c2[nH]c3cc(C(=O)N(C)C4CCN(C5COC5)CC4)sc3c2C(C)C)cnc1N=CN.[HH]. The fourth-order valence-corrected chi connectivity index (χ4v) is 6.50. The van der Waals surface area contributed by atoms with Gasteiger partial charge in [0.15, 0.2) is 5.82 Å². The van der Waals surface area contributed by atoms with Gasteiger partial charge in [-0.05, 0) is 48.9 Å². The summed E-state index contributed by atoms with van der Waals surface area (Å²) in [4.78, 5) is 30.9. The van der Waals surface area contributed by atoms with Gasteiger partial charge in [0, 0.05) is 39.4 Å². The molecule has 5 heterocycles. The molecule has 0 unspecified atom stereocenters. The zero-order valence-electron chi connectivity index (χ0n) is 20.9. The summed E-state index contributed by atoms with van der Waals surface area (Å²) in [6.45, 7) is 10.1. The third-order valence-electron chi connectivity index (χ3n) is 7.33. The number of pyridine rings is 1. The number of carbonyl (C=O) groups excluding carboxylic acids is 1. The second-order valence-corrected chi connectivity index (χ2v) is 11.0. The highest BCUT2D eigenvalue weighted by atomic mass is 32.1. The minimum absolute atomic E-state index is 0. The minimum atomic E-state index is 0. The fraction of sp³-hybridized carbons (Fsp3) is 0.500. The van der Waals surface area contributed by atoms with Gasteiger partial charge in [0.05, 0.1) is 46.4 Å². The molecule has 3 N–H and O–H groups in total. The van der Waals surface area contributed by atoms with Crippen LogP contribution in [0.3, 0.4) is 0 Å². The van der Waals surface area contributed by atoms with Gasteiger partial charge in [0.25, 0.3) is 5.91 Å². The van der Waals surface area contributed by atoms with E-state index in [4.69, 9.17) is 10.5 Å². The predicted molar refractivity (Wildman–Crippen MR) is 144 cm³/mol. The monoisotopic (exact) mass is 496 g/mol. The molecule has 5 rings (SSSR count). The number of ether oxygens (including phenoxy) is 1. The molecule has 35 heavy (non-hydrogen) atoms. The highest BCUT2D eigenvalue weighted by Crippen LogP contribution is 2.40. The summed E-state index contributed by atoms with van der Waals surface area (Å²) in [5.74, 6) is 1.03. The van der Waals surface area contributed by atoms with Crippen molar-refractivity contribution < 1.29 is 11.0 Å². The van der Waals surface area contributed by atoms with E-state index in [0.29, 0.717) is 17.8 Å². The Bertz CT molecular complexity index is 1260. The van der Waals surface area contributed by atoms with Gasteiger partial charge in [-0.1, -0.05) is 13.8 Å². The molecule has 8 nitrogen and oxygen atoms in total. The first-order valence-electron chi connectivity index (χ1n) is 12.3. The number of aromatic nitrogens is 2. The van der Waals surface area contributed by atoms with Crippen molar-refractivity contribution in [2.75, 3.05) is 33.4 Å². The molecule has 9 heteroatoms. The third kappa shape index (κ3) is 4.48. The van der Waals surface area contributed by atoms with Crippen molar-refractivity contribution in [1.82, 2.24) is 19.8 Å². The molecule has 2 saturated heterocycles. The first-order valence-corrected chi connectivity index (χ1v) is 13.1. The van der Waals surface area contributed by atoms with Gasteiger partial charge in [0.2, 0.25) is 0 Å². The van der Waals surface area contributed by atoms with Crippen LogP contribution in [0.2, 0.25) is 0 Å². The van der Waals surface area contributed by atoms with E-state index in [1.54, 1.807) is 11.3 Å². The summed E-state index contributed by atoms with van der Waals surface area (Å²) in [6.07, 6.45) is 5.12. The Morgan fingerprint density at radius 2 is 2.11 bits per heavy atom. The number of amides is 1. The van der Waals surface area contributed by atoms with Crippen LogP contribution in [0.1, 0.15) is 54.8 Å². The van der Waals surface area contributed by atoms with Crippen LogP contribution in [0, 0.1) is 6.92 Å². The van der Waals surface area contributed by atoms with Crippen LogP contribution in [-0.4, -0.2) is 77.4 Å². The van der Waals surface area contributed by atoms with Gasteiger partial charge in [-0.2, -0.15) is 0 Å². The lowest BCUT2D eigenvalue weighted by atomic mass is 9.99. The van der Waals surface area contributed by atoms with Gasteiger partial charge in [-0.15, -0.1) is 11.3 Å². The lowest BCUT2D eigenvalue weighted by molar-refractivity contribution is -0.0744. The predicted octanol–water partition coefficient (Wildman–Crippen LogP) is 4.52. The average molecular weight is 497 g/mol. The average Bonchev–Trinajstić information content (AvgIpc) is 3.37. The molecule has 188 valence electrons. The summed E-state index contributed by atoms with van der Waals surface area (Å²) in [5.41, 5.74) is 10.7. The standard InChI is InChI=1S/C26H34N6O2S.H2/c1-15(2)22-23(17-9-16(3)25(28-11-17)29-14-27)30-20-10-21(35-24(20)22)26(33)31(4)18-5-7-32(8-6-18)19-12-34-13-19;/h9-11,14-15,18-19,30H,5-8,12-13H2,1-4H3,(H2,27,28,29);1H. The highest BCUT2D eigenvalue weighted by molar-refractivity contribution is 7.21. The molecule has 0 saturated carbocycles. The first-order chi connectivity index (χ1) is 16.9. The number of nitrogens with one attached hydrogen (secondary N) is 1. The number of carbonyl (C=O) groups is 1. The Labute approximate surface area is 211 Å². The fourth-order valence-electron chi connectivity index (χ4n) is 5.21. The van der Waals surface area contributed by atoms with Crippen molar-refractivity contribution >= 4 is 39.6 Å². The molecule has 0 radical (unpaired) electrons. The number of aliphatic imine (C=N–C) groups is 1. The second kappa shape index (κ2) is 9.72. The van der Waals surface area contributed by atoms with Gasteiger partial charge in [-0.25, -0.2) is 9.98 Å². The molecule has 0 bridgehead atoms. The topological polar surface area (TPSA) is 99.8 Å². The van der Waals surface area contributed by atoms with Crippen LogP contribution in [0.25, 0.3) is 21.5 Å². The summed E-state index contributed by atoms with van der Waals surface area (Å²) in [7, 11) is 1.96. The number of fused-ring (bicyclic) bond motifs is 1. The second-order valence-electron chi connectivity index (χ2n) is 9.94. The van der Waals surface area contributed by atoms with E-state index in [0.717, 1.165) is 71.1 Å². The van der Waals surface area contributed by atoms with E-state index in [-0.39, 0.29) is 13.4 Å². The number of hydrogen-bond donors (Lipinski definition) is 2. The normalized spacial score (nSPS) is 18.1. The molecule has 3 aromatic heterocycles. The van der Waals surface area contributed by atoms with Crippen LogP contribution in [0.4, 0.5) is 5.82 Å². The molecule has 2 aliphatic rings. The van der Waals surface area contributed by atoms with Crippen molar-refractivity contribution in [3.05, 3.63) is 34.3 Å². The number of H-pyrrole nitrogens is 1. The zero-order chi connectivity index (χ0) is 24.7. The summed E-state index contributed by atoms with van der Waals surface area (Å²) in [5, 5.41) is 0. The maximum absolute atomic E-state index is 13.4. The number of nitrogens with zero attached hydrogens (tertiary/aromatic N) is 4. The van der Waals surface area contributed by atoms with Crippen molar-refractivity contribution in [3.63, 3.8) is 0 Å². The summed E-state index contributed by atoms with van der Waals surface area (Å²) >= 11 is 1.59. The molecule has 2 fully saturated rings. The first kappa shape index (κ1) is 24.0. The van der Waals surface area contributed by atoms with Gasteiger partial charge in [-0.3, -0.25) is 9.69 Å². The minimum Gasteiger partial charge on any atom is -0.390 e. The molecule has 0 aliphatic carbocycles. The van der Waals surface area contributed by atoms with E-state index in [2.05, 4.69) is 39.8 Å². The van der Waals surface area contributed by atoms with Gasteiger partial charge >= 0.3 is 0 Å². The van der Waals surface area contributed by atoms with Crippen LogP contribution in [-0.2, 0) is 4.74 Å². The number of rotatable bonds is 6. The number of thiophene rings is 1. The number of likely N-dealkylation sites (tertiary alicyclic amines) is 1. The number of piperidine rings is 1.